The van der Waals surface area contributed by atoms with Gasteiger partial charge in [-0.05, 0) is 31.9 Å². The molecule has 0 aliphatic rings. The van der Waals surface area contributed by atoms with Gasteiger partial charge >= 0.3 is 6.18 Å². The van der Waals surface area contributed by atoms with Gasteiger partial charge in [0.25, 0.3) is 0 Å². The fourth-order valence-electron chi connectivity index (χ4n) is 2.15. The lowest BCUT2D eigenvalue weighted by Gasteiger charge is -2.14. The summed E-state index contributed by atoms with van der Waals surface area (Å²) < 4.78 is 45.4. The molecule has 0 aliphatic heterocycles. The maximum atomic E-state index is 13.0. The lowest BCUT2D eigenvalue weighted by atomic mass is 10.1. The van der Waals surface area contributed by atoms with Gasteiger partial charge in [-0.2, -0.15) is 13.2 Å². The van der Waals surface area contributed by atoms with Crippen molar-refractivity contribution in [2.24, 2.45) is 0 Å². The minimum Gasteiger partial charge on any atom is -0.497 e. The highest BCUT2D eigenvalue weighted by atomic mass is 19.4. The van der Waals surface area contributed by atoms with E-state index in [0.29, 0.717) is 22.9 Å². The first-order valence-corrected chi connectivity index (χ1v) is 6.07. The first kappa shape index (κ1) is 15.0. The number of halogens is 3. The Kier molecular flexibility index (Phi) is 3.69. The van der Waals surface area contributed by atoms with Crippen LogP contribution in [-0.2, 0) is 6.18 Å². The van der Waals surface area contributed by atoms with Gasteiger partial charge in [0.1, 0.15) is 17.3 Å². The van der Waals surface area contributed by atoms with Crippen LogP contribution in [0.3, 0.4) is 0 Å². The highest BCUT2D eigenvalue weighted by Crippen LogP contribution is 2.34. The molecular formula is C15H13F3N2O. The molecule has 1 aromatic carbocycles. The predicted molar refractivity (Wildman–Crippen MR) is 72.5 cm³/mol. The van der Waals surface area contributed by atoms with E-state index in [1.165, 1.54) is 13.2 Å². The summed E-state index contributed by atoms with van der Waals surface area (Å²) in [7, 11) is 1.32. The quantitative estimate of drug-likeness (QED) is 0.793. The number of alkyl halides is 3. The van der Waals surface area contributed by atoms with Crippen LogP contribution in [-0.4, -0.2) is 16.7 Å². The van der Waals surface area contributed by atoms with Crippen molar-refractivity contribution in [3.05, 3.63) is 41.0 Å². The van der Waals surface area contributed by atoms with Crippen molar-refractivity contribution in [1.29, 1.82) is 0 Å². The maximum absolute atomic E-state index is 13.0. The van der Waals surface area contributed by atoms with Gasteiger partial charge in [-0.25, -0.2) is 4.98 Å². The molecule has 2 aromatic rings. The second-order valence-corrected chi connectivity index (χ2v) is 4.49. The van der Waals surface area contributed by atoms with Crippen molar-refractivity contribution in [3.63, 3.8) is 0 Å². The van der Waals surface area contributed by atoms with Crippen LogP contribution in [0, 0.1) is 26.2 Å². The Morgan fingerprint density at radius 3 is 2.38 bits per heavy atom. The molecule has 110 valence electrons. The first-order valence-electron chi connectivity index (χ1n) is 6.07. The van der Waals surface area contributed by atoms with E-state index in [4.69, 9.17) is 11.2 Å². The van der Waals surface area contributed by atoms with E-state index in [-0.39, 0.29) is 5.75 Å². The zero-order chi connectivity index (χ0) is 15.8. The lowest BCUT2D eigenvalue weighted by Crippen LogP contribution is -2.08. The summed E-state index contributed by atoms with van der Waals surface area (Å²) in [4.78, 5) is 4.16. The molecule has 0 atom stereocenters. The molecule has 21 heavy (non-hydrogen) atoms. The molecule has 1 heterocycles. The molecule has 3 nitrogen and oxygen atoms in total. The number of hydrogen-bond donors (Lipinski definition) is 0. The van der Waals surface area contributed by atoms with Crippen molar-refractivity contribution in [3.8, 4) is 23.8 Å². The molecule has 0 fully saturated rings. The van der Waals surface area contributed by atoms with Gasteiger partial charge in [-0.1, -0.05) is 0 Å². The van der Waals surface area contributed by atoms with Crippen molar-refractivity contribution in [1.82, 2.24) is 9.55 Å². The molecule has 0 saturated heterocycles. The number of imidazole rings is 1. The molecule has 0 aliphatic carbocycles. The minimum atomic E-state index is -4.46. The maximum Gasteiger partial charge on any atom is 0.416 e. The van der Waals surface area contributed by atoms with Crippen molar-refractivity contribution < 1.29 is 17.9 Å². The number of aryl methyl sites for hydroxylation is 1. The molecule has 0 bridgehead atoms. The second kappa shape index (κ2) is 5.17. The van der Waals surface area contributed by atoms with E-state index in [0.717, 1.165) is 12.1 Å². The Bertz CT molecular complexity index is 724. The average molecular weight is 294 g/mol. The molecule has 0 N–H and O–H groups in total. The van der Waals surface area contributed by atoms with Crippen LogP contribution in [0.5, 0.6) is 5.75 Å². The number of rotatable bonds is 2. The van der Waals surface area contributed by atoms with Gasteiger partial charge in [0.2, 0.25) is 0 Å². The van der Waals surface area contributed by atoms with E-state index in [2.05, 4.69) is 10.9 Å². The van der Waals surface area contributed by atoms with Crippen LogP contribution >= 0.6 is 0 Å². The number of benzene rings is 1. The normalized spacial score (nSPS) is 11.3. The molecule has 0 unspecified atom stereocenters. The van der Waals surface area contributed by atoms with Crippen LogP contribution in [0.4, 0.5) is 13.2 Å². The minimum absolute atomic E-state index is 0.120. The van der Waals surface area contributed by atoms with Gasteiger partial charge < -0.3 is 4.74 Å². The fraction of sp³-hybridized carbons (Fsp3) is 0.267. The van der Waals surface area contributed by atoms with Crippen LogP contribution < -0.4 is 4.74 Å². The molecule has 6 heteroatoms. The fourth-order valence-corrected chi connectivity index (χ4v) is 2.15. The largest absolute Gasteiger partial charge is 0.497 e. The predicted octanol–water partition coefficient (Wildman–Crippen LogP) is 3.50. The zero-order valence-electron chi connectivity index (χ0n) is 11.7. The monoisotopic (exact) mass is 294 g/mol. The van der Waals surface area contributed by atoms with Crippen LogP contribution in [0.2, 0.25) is 0 Å². The molecule has 2 rings (SSSR count). The number of hydrogen-bond acceptors (Lipinski definition) is 2. The van der Waals surface area contributed by atoms with Crippen molar-refractivity contribution >= 4 is 0 Å². The summed E-state index contributed by atoms with van der Waals surface area (Å²) in [5.41, 5.74) is 0.539. The molecular weight excluding hydrogens is 281 g/mol. The van der Waals surface area contributed by atoms with Crippen molar-refractivity contribution in [2.45, 2.75) is 20.0 Å². The highest BCUT2D eigenvalue weighted by Gasteiger charge is 2.32. The van der Waals surface area contributed by atoms with E-state index in [1.54, 1.807) is 18.4 Å². The number of ether oxygens (including phenoxy) is 1. The zero-order valence-corrected chi connectivity index (χ0v) is 11.7. The summed E-state index contributed by atoms with van der Waals surface area (Å²) in [6.07, 6.45) is 0.878. The van der Waals surface area contributed by atoms with Crippen LogP contribution in [0.1, 0.15) is 22.8 Å². The highest BCUT2D eigenvalue weighted by molar-refractivity contribution is 5.48. The van der Waals surface area contributed by atoms with Gasteiger partial charge in [-0.3, -0.25) is 4.57 Å². The smallest absolute Gasteiger partial charge is 0.416 e. The van der Waals surface area contributed by atoms with Gasteiger partial charge in [0.15, 0.2) is 0 Å². The Labute approximate surface area is 120 Å². The lowest BCUT2D eigenvalue weighted by molar-refractivity contribution is -0.137. The summed E-state index contributed by atoms with van der Waals surface area (Å²) >= 11 is 0. The van der Waals surface area contributed by atoms with Gasteiger partial charge in [0, 0.05) is 6.07 Å². The van der Waals surface area contributed by atoms with E-state index < -0.39 is 11.7 Å². The molecule has 0 saturated carbocycles. The average Bonchev–Trinajstić information content (AvgIpc) is 2.71. The molecule has 1 aromatic heterocycles. The van der Waals surface area contributed by atoms with Crippen molar-refractivity contribution in [2.75, 3.05) is 7.11 Å². The van der Waals surface area contributed by atoms with Gasteiger partial charge in [-0.15, -0.1) is 6.42 Å². The van der Waals surface area contributed by atoms with E-state index in [9.17, 15) is 13.2 Å². The van der Waals surface area contributed by atoms with Gasteiger partial charge in [0.05, 0.1) is 24.1 Å². The number of aromatic nitrogens is 2. The topological polar surface area (TPSA) is 27.1 Å². The summed E-state index contributed by atoms with van der Waals surface area (Å²) in [6.45, 7) is 3.39. The summed E-state index contributed by atoms with van der Waals surface area (Å²) in [5, 5.41) is 0. The Morgan fingerprint density at radius 2 is 1.90 bits per heavy atom. The van der Waals surface area contributed by atoms with Crippen LogP contribution in [0.25, 0.3) is 5.69 Å². The van der Waals surface area contributed by atoms with E-state index >= 15 is 0 Å². The number of terminal acetylenes is 1. The second-order valence-electron chi connectivity index (χ2n) is 4.49. The molecule has 0 amide bonds. The Hall–Kier alpha value is -2.42. The molecule has 0 radical (unpaired) electrons. The summed E-state index contributed by atoms with van der Waals surface area (Å²) in [6, 6.07) is 3.51. The third kappa shape index (κ3) is 2.72. The Morgan fingerprint density at radius 1 is 1.24 bits per heavy atom. The first-order chi connectivity index (χ1) is 9.77. The third-order valence-electron chi connectivity index (χ3n) is 3.12. The Balaban J connectivity index is 2.70. The van der Waals surface area contributed by atoms with Crippen LogP contribution in [0.15, 0.2) is 18.2 Å². The third-order valence-corrected chi connectivity index (χ3v) is 3.12. The summed E-state index contributed by atoms with van der Waals surface area (Å²) in [5.74, 6) is 3.05. The van der Waals surface area contributed by atoms with E-state index in [1.807, 2.05) is 0 Å². The SMILES string of the molecule is C#Cc1nc(C)n(-c2cc(OC)cc(C(F)(F)F)c2)c1C. The number of methoxy groups -OCH3 is 1. The standard InChI is InChI=1S/C15H13F3N2O/c1-5-14-9(2)20(10(3)19-14)12-6-11(15(16,17)18)7-13(8-12)21-4/h1,6-8H,2-4H3. The number of nitrogens with zero attached hydrogens (tertiary/aromatic N) is 2. The molecule has 0 spiro atoms.